The van der Waals surface area contributed by atoms with Gasteiger partial charge in [0.05, 0.1) is 21.0 Å². The molecule has 0 radical (unpaired) electrons. The summed E-state index contributed by atoms with van der Waals surface area (Å²) in [5.74, 6) is -0.699. The zero-order chi connectivity index (χ0) is 13.3. The van der Waals surface area contributed by atoms with E-state index in [0.717, 1.165) is 6.07 Å². The lowest BCUT2D eigenvalue weighted by molar-refractivity contribution is -0.385. The van der Waals surface area contributed by atoms with Crippen molar-refractivity contribution in [1.82, 2.24) is 0 Å². The molecule has 2 aromatic rings. The van der Waals surface area contributed by atoms with E-state index in [4.69, 9.17) is 23.2 Å². The van der Waals surface area contributed by atoms with Crippen LogP contribution in [0.15, 0.2) is 36.4 Å². The molecule has 0 unspecified atom stereocenters. The Kier molecular flexibility index (Phi) is 3.50. The summed E-state index contributed by atoms with van der Waals surface area (Å²) in [5, 5.41) is 11.2. The Labute approximate surface area is 112 Å². The van der Waals surface area contributed by atoms with E-state index < -0.39 is 10.7 Å². The van der Waals surface area contributed by atoms with Crippen LogP contribution in [-0.4, -0.2) is 4.92 Å². The largest absolute Gasteiger partial charge is 0.272 e. The quantitative estimate of drug-likeness (QED) is 0.592. The highest BCUT2D eigenvalue weighted by atomic mass is 35.5. The Hall–Kier alpha value is -1.65. The van der Waals surface area contributed by atoms with Crippen LogP contribution in [-0.2, 0) is 0 Å². The maximum atomic E-state index is 13.3. The van der Waals surface area contributed by atoms with Crippen LogP contribution < -0.4 is 0 Å². The molecule has 0 amide bonds. The molecule has 0 spiro atoms. The Balaban J connectivity index is 2.64. The number of non-ortho nitro benzene ring substituents is 1. The number of benzene rings is 2. The average Bonchev–Trinajstić information content (AvgIpc) is 2.31. The molecule has 0 saturated heterocycles. The smallest absolute Gasteiger partial charge is 0.258 e. The summed E-state index contributed by atoms with van der Waals surface area (Å²) in [5.41, 5.74) is 0.432. The van der Waals surface area contributed by atoms with Crippen LogP contribution in [0.3, 0.4) is 0 Å². The van der Waals surface area contributed by atoms with Gasteiger partial charge >= 0.3 is 0 Å². The lowest BCUT2D eigenvalue weighted by Gasteiger charge is -2.06. The zero-order valence-electron chi connectivity index (χ0n) is 8.86. The number of nitro groups is 1. The molecule has 18 heavy (non-hydrogen) atoms. The van der Waals surface area contributed by atoms with Crippen LogP contribution in [0.5, 0.6) is 0 Å². The molecule has 0 fully saturated rings. The van der Waals surface area contributed by atoms with Crippen LogP contribution >= 0.6 is 23.2 Å². The molecule has 2 aromatic carbocycles. The predicted octanol–water partition coefficient (Wildman–Crippen LogP) is 4.71. The van der Waals surface area contributed by atoms with E-state index in [9.17, 15) is 14.5 Å². The minimum absolute atomic E-state index is 0.235. The third kappa shape index (κ3) is 2.44. The van der Waals surface area contributed by atoms with Crippen LogP contribution in [0.25, 0.3) is 11.1 Å². The van der Waals surface area contributed by atoms with E-state index in [1.165, 1.54) is 12.1 Å². The van der Waals surface area contributed by atoms with Crippen molar-refractivity contribution in [3.63, 3.8) is 0 Å². The Morgan fingerprint density at radius 1 is 1.17 bits per heavy atom. The average molecular weight is 286 g/mol. The van der Waals surface area contributed by atoms with Gasteiger partial charge in [-0.1, -0.05) is 35.3 Å². The number of halogens is 3. The first-order valence-corrected chi connectivity index (χ1v) is 5.64. The van der Waals surface area contributed by atoms with Crippen LogP contribution in [0.4, 0.5) is 10.1 Å². The summed E-state index contributed by atoms with van der Waals surface area (Å²) in [4.78, 5) is 10.0. The fourth-order valence-electron chi connectivity index (χ4n) is 1.56. The van der Waals surface area contributed by atoms with Crippen molar-refractivity contribution in [2.24, 2.45) is 0 Å². The monoisotopic (exact) mass is 285 g/mol. The van der Waals surface area contributed by atoms with Crippen molar-refractivity contribution >= 4 is 28.9 Å². The number of hydrogen-bond donors (Lipinski definition) is 0. The second-order valence-electron chi connectivity index (χ2n) is 3.56. The van der Waals surface area contributed by atoms with Crippen molar-refractivity contribution in [3.05, 3.63) is 62.4 Å². The molecule has 0 aromatic heterocycles. The summed E-state index contributed by atoms with van der Waals surface area (Å²) in [6, 6.07) is 8.11. The van der Waals surface area contributed by atoms with Gasteiger partial charge in [-0.25, -0.2) is 4.39 Å². The predicted molar refractivity (Wildman–Crippen MR) is 68.5 cm³/mol. The highest BCUT2D eigenvalue weighted by Crippen LogP contribution is 2.35. The van der Waals surface area contributed by atoms with Gasteiger partial charge in [0, 0.05) is 11.6 Å². The molecule has 2 rings (SSSR count). The number of rotatable bonds is 2. The van der Waals surface area contributed by atoms with Crippen LogP contribution in [0.1, 0.15) is 0 Å². The maximum Gasteiger partial charge on any atom is 0.272 e. The third-order valence-corrected chi connectivity index (χ3v) is 3.17. The summed E-state index contributed by atoms with van der Waals surface area (Å²) >= 11 is 11.8. The molecule has 0 saturated carbocycles. The molecule has 0 N–H and O–H groups in total. The zero-order valence-corrected chi connectivity index (χ0v) is 10.4. The lowest BCUT2D eigenvalue weighted by atomic mass is 10.0. The minimum Gasteiger partial charge on any atom is -0.258 e. The van der Waals surface area contributed by atoms with E-state index in [1.54, 1.807) is 18.2 Å². The Morgan fingerprint density at radius 3 is 2.56 bits per heavy atom. The summed E-state index contributed by atoms with van der Waals surface area (Å²) in [7, 11) is 0. The molecule has 6 heteroatoms. The normalized spacial score (nSPS) is 10.4. The second kappa shape index (κ2) is 4.92. The van der Waals surface area contributed by atoms with Gasteiger partial charge in [0.2, 0.25) is 0 Å². The van der Waals surface area contributed by atoms with Crippen molar-refractivity contribution in [2.75, 3.05) is 0 Å². The highest BCUT2D eigenvalue weighted by Gasteiger charge is 2.13. The molecule has 0 aliphatic rings. The van der Waals surface area contributed by atoms with Crippen molar-refractivity contribution in [3.8, 4) is 11.1 Å². The van der Waals surface area contributed by atoms with Crippen molar-refractivity contribution in [2.45, 2.75) is 0 Å². The Morgan fingerprint density at radius 2 is 1.89 bits per heavy atom. The molecule has 3 nitrogen and oxygen atoms in total. The van der Waals surface area contributed by atoms with Crippen LogP contribution in [0, 0.1) is 15.9 Å². The minimum atomic E-state index is -0.699. The first-order valence-electron chi connectivity index (χ1n) is 4.88. The first-order chi connectivity index (χ1) is 8.49. The molecule has 0 atom stereocenters. The van der Waals surface area contributed by atoms with Gasteiger partial charge in [-0.3, -0.25) is 10.1 Å². The molecule has 0 aliphatic carbocycles. The van der Waals surface area contributed by atoms with Crippen molar-refractivity contribution < 1.29 is 9.31 Å². The lowest BCUT2D eigenvalue weighted by Crippen LogP contribution is -1.91. The fourth-order valence-corrected chi connectivity index (χ4v) is 1.97. The molecule has 92 valence electrons. The number of hydrogen-bond acceptors (Lipinski definition) is 2. The van der Waals surface area contributed by atoms with Gasteiger partial charge < -0.3 is 0 Å². The maximum absolute atomic E-state index is 13.3. The Bertz CT molecular complexity index is 631. The SMILES string of the molecule is O=[N+]([O-])c1cc(F)cc(-c2cccc(Cl)c2Cl)c1. The fraction of sp³-hybridized carbons (Fsp3) is 0. The van der Waals surface area contributed by atoms with E-state index in [1.807, 2.05) is 0 Å². The van der Waals surface area contributed by atoms with Gasteiger partial charge in [-0.15, -0.1) is 0 Å². The van der Waals surface area contributed by atoms with Gasteiger partial charge in [-0.05, 0) is 17.7 Å². The van der Waals surface area contributed by atoms with Gasteiger partial charge in [0.25, 0.3) is 5.69 Å². The van der Waals surface area contributed by atoms with E-state index in [-0.39, 0.29) is 10.7 Å². The number of nitro benzene ring substituents is 1. The standard InChI is InChI=1S/C12H6Cl2FNO2/c13-11-3-1-2-10(12(11)14)7-4-8(15)6-9(5-7)16(17)18/h1-6H. The van der Waals surface area contributed by atoms with Gasteiger partial charge in [0.1, 0.15) is 5.82 Å². The summed E-state index contributed by atoms with van der Waals surface area (Å²) in [6.45, 7) is 0. The second-order valence-corrected chi connectivity index (χ2v) is 4.34. The van der Waals surface area contributed by atoms with E-state index >= 15 is 0 Å². The molecule has 0 aliphatic heterocycles. The molecular formula is C12H6Cl2FNO2. The van der Waals surface area contributed by atoms with E-state index in [0.29, 0.717) is 16.1 Å². The first kappa shape index (κ1) is 12.8. The summed E-state index contributed by atoms with van der Waals surface area (Å²) in [6.07, 6.45) is 0. The molecule has 0 bridgehead atoms. The molecular weight excluding hydrogens is 280 g/mol. The topological polar surface area (TPSA) is 43.1 Å². The van der Waals surface area contributed by atoms with Gasteiger partial charge in [-0.2, -0.15) is 0 Å². The number of nitrogens with zero attached hydrogens (tertiary/aromatic N) is 1. The highest BCUT2D eigenvalue weighted by molar-refractivity contribution is 6.43. The van der Waals surface area contributed by atoms with E-state index in [2.05, 4.69) is 0 Å². The van der Waals surface area contributed by atoms with Crippen LogP contribution in [0.2, 0.25) is 10.0 Å². The van der Waals surface area contributed by atoms with Crippen molar-refractivity contribution in [1.29, 1.82) is 0 Å². The third-order valence-electron chi connectivity index (χ3n) is 2.36. The molecule has 0 heterocycles. The summed E-state index contributed by atoms with van der Waals surface area (Å²) < 4.78 is 13.3. The van der Waals surface area contributed by atoms with Gasteiger partial charge in [0.15, 0.2) is 0 Å².